The van der Waals surface area contributed by atoms with E-state index >= 15 is 0 Å². The molecule has 25 heavy (non-hydrogen) atoms. The van der Waals surface area contributed by atoms with E-state index in [4.69, 9.17) is 4.98 Å². The maximum atomic E-state index is 4.83. The van der Waals surface area contributed by atoms with Crippen LogP contribution in [0.5, 0.6) is 0 Å². The van der Waals surface area contributed by atoms with Crippen molar-refractivity contribution in [1.82, 2.24) is 4.98 Å². The van der Waals surface area contributed by atoms with E-state index < -0.39 is 0 Å². The Balaban J connectivity index is 2.00. The predicted octanol–water partition coefficient (Wildman–Crippen LogP) is 4.88. The molecule has 0 amide bonds. The van der Waals surface area contributed by atoms with Gasteiger partial charge in [0.25, 0.3) is 0 Å². The van der Waals surface area contributed by atoms with E-state index in [1.54, 1.807) is 0 Å². The molecule has 0 bridgehead atoms. The number of pyridine rings is 1. The molecular formula is C23H16NSi. The summed E-state index contributed by atoms with van der Waals surface area (Å²) in [6.07, 6.45) is 1.95. The fourth-order valence-corrected chi connectivity index (χ4v) is 3.52. The van der Waals surface area contributed by atoms with Crippen molar-refractivity contribution in [3.8, 4) is 33.5 Å². The molecule has 4 aromatic rings. The lowest BCUT2D eigenvalue weighted by atomic mass is 9.95. The van der Waals surface area contributed by atoms with Gasteiger partial charge in [0.2, 0.25) is 0 Å². The SMILES string of the molecule is [Si]c1c(-c2ccccc2)cnc(-c2ccccc2)c1-c1ccccc1. The smallest absolute Gasteiger partial charge is 0.0779 e. The first kappa shape index (κ1) is 15.5. The summed E-state index contributed by atoms with van der Waals surface area (Å²) in [5, 5.41) is 1.06. The maximum Gasteiger partial charge on any atom is 0.0779 e. The molecule has 0 atom stereocenters. The second-order valence-electron chi connectivity index (χ2n) is 5.87. The average molecular weight is 334 g/mol. The lowest BCUT2D eigenvalue weighted by Crippen LogP contribution is -2.13. The molecule has 1 heterocycles. The molecule has 4 rings (SSSR count). The van der Waals surface area contributed by atoms with Crippen molar-refractivity contribution < 1.29 is 0 Å². The van der Waals surface area contributed by atoms with Crippen LogP contribution in [0.25, 0.3) is 33.5 Å². The summed E-state index contributed by atoms with van der Waals surface area (Å²) in [6, 6.07) is 31.1. The molecule has 2 heteroatoms. The minimum atomic E-state index is 0.983. The summed E-state index contributed by atoms with van der Waals surface area (Å²) in [7, 11) is 3.92. The third kappa shape index (κ3) is 3.04. The van der Waals surface area contributed by atoms with Crippen molar-refractivity contribution in [2.24, 2.45) is 0 Å². The second-order valence-corrected chi connectivity index (χ2v) is 6.37. The summed E-state index contributed by atoms with van der Waals surface area (Å²) < 4.78 is 0. The molecule has 0 aliphatic rings. The zero-order chi connectivity index (χ0) is 17.1. The highest BCUT2D eigenvalue weighted by molar-refractivity contribution is 6.40. The van der Waals surface area contributed by atoms with Crippen LogP contribution in [-0.2, 0) is 0 Å². The van der Waals surface area contributed by atoms with Gasteiger partial charge in [-0.2, -0.15) is 0 Å². The Morgan fingerprint density at radius 2 is 1.04 bits per heavy atom. The van der Waals surface area contributed by atoms with Crippen LogP contribution in [-0.4, -0.2) is 15.2 Å². The van der Waals surface area contributed by atoms with Gasteiger partial charge in [-0.05, 0) is 21.9 Å². The summed E-state index contributed by atoms with van der Waals surface area (Å²) in [5.41, 5.74) is 6.60. The van der Waals surface area contributed by atoms with Crippen molar-refractivity contribution >= 4 is 15.4 Å². The predicted molar refractivity (Wildman–Crippen MR) is 106 cm³/mol. The Kier molecular flexibility index (Phi) is 4.28. The van der Waals surface area contributed by atoms with E-state index in [9.17, 15) is 0 Å². The van der Waals surface area contributed by atoms with Crippen LogP contribution in [0, 0.1) is 0 Å². The Labute approximate surface area is 151 Å². The third-order valence-electron chi connectivity index (χ3n) is 4.27. The molecule has 1 aromatic heterocycles. The van der Waals surface area contributed by atoms with Crippen LogP contribution in [0.4, 0.5) is 0 Å². The first-order valence-electron chi connectivity index (χ1n) is 8.25. The zero-order valence-electron chi connectivity index (χ0n) is 13.7. The number of nitrogens with zero attached hydrogens (tertiary/aromatic N) is 1. The number of benzene rings is 3. The van der Waals surface area contributed by atoms with Gasteiger partial charge in [0, 0.05) is 17.3 Å². The monoisotopic (exact) mass is 334 g/mol. The van der Waals surface area contributed by atoms with Crippen LogP contribution in [0.3, 0.4) is 0 Å². The number of rotatable bonds is 3. The first-order chi connectivity index (χ1) is 12.3. The van der Waals surface area contributed by atoms with Crippen LogP contribution in [0.15, 0.2) is 97.2 Å². The largest absolute Gasteiger partial charge is 0.255 e. The second kappa shape index (κ2) is 6.87. The van der Waals surface area contributed by atoms with Crippen molar-refractivity contribution in [2.45, 2.75) is 0 Å². The van der Waals surface area contributed by atoms with Gasteiger partial charge in [-0.15, -0.1) is 0 Å². The van der Waals surface area contributed by atoms with E-state index in [-0.39, 0.29) is 0 Å². The van der Waals surface area contributed by atoms with Gasteiger partial charge < -0.3 is 0 Å². The number of aromatic nitrogens is 1. The molecule has 3 aromatic carbocycles. The quantitative estimate of drug-likeness (QED) is 0.487. The van der Waals surface area contributed by atoms with E-state index in [0.717, 1.165) is 38.7 Å². The fourth-order valence-electron chi connectivity index (χ4n) is 3.05. The minimum absolute atomic E-state index is 0.983. The molecule has 1 nitrogen and oxygen atoms in total. The fraction of sp³-hybridized carbons (Fsp3) is 0. The van der Waals surface area contributed by atoms with Gasteiger partial charge in [-0.3, -0.25) is 4.98 Å². The van der Waals surface area contributed by atoms with E-state index in [1.807, 2.05) is 48.7 Å². The highest BCUT2D eigenvalue weighted by Crippen LogP contribution is 2.31. The third-order valence-corrected chi connectivity index (χ3v) is 4.79. The Morgan fingerprint density at radius 3 is 1.60 bits per heavy atom. The van der Waals surface area contributed by atoms with E-state index in [1.165, 1.54) is 0 Å². The normalized spacial score (nSPS) is 10.6. The number of hydrogen-bond donors (Lipinski definition) is 0. The molecule has 0 spiro atoms. The molecular weight excluding hydrogens is 318 g/mol. The van der Waals surface area contributed by atoms with E-state index in [2.05, 4.69) is 58.8 Å². The highest BCUT2D eigenvalue weighted by Gasteiger charge is 2.15. The van der Waals surface area contributed by atoms with Crippen molar-refractivity contribution in [3.05, 3.63) is 97.2 Å². The van der Waals surface area contributed by atoms with Gasteiger partial charge in [-0.25, -0.2) is 0 Å². The summed E-state index contributed by atoms with van der Waals surface area (Å²) >= 11 is 0. The molecule has 0 unspecified atom stereocenters. The van der Waals surface area contributed by atoms with Gasteiger partial charge in [0.1, 0.15) is 0 Å². The molecule has 0 saturated heterocycles. The molecule has 0 aliphatic carbocycles. The lowest BCUT2D eigenvalue weighted by molar-refractivity contribution is 1.33. The van der Waals surface area contributed by atoms with Crippen molar-refractivity contribution in [2.75, 3.05) is 0 Å². The van der Waals surface area contributed by atoms with Crippen LogP contribution in [0.2, 0.25) is 0 Å². The summed E-state index contributed by atoms with van der Waals surface area (Å²) in [6.45, 7) is 0. The van der Waals surface area contributed by atoms with E-state index in [0.29, 0.717) is 0 Å². The highest BCUT2D eigenvalue weighted by atomic mass is 28.1. The standard InChI is InChI=1S/C23H16NSi/c25-23-20(17-10-4-1-5-11-17)16-24-22(19-14-8-3-9-15-19)21(23)18-12-6-2-7-13-18/h1-16H. The maximum absolute atomic E-state index is 4.83. The molecule has 117 valence electrons. The average Bonchev–Trinajstić information content (AvgIpc) is 2.70. The van der Waals surface area contributed by atoms with Crippen molar-refractivity contribution in [3.63, 3.8) is 0 Å². The molecule has 3 radical (unpaired) electrons. The minimum Gasteiger partial charge on any atom is -0.255 e. The molecule has 0 fully saturated rings. The van der Waals surface area contributed by atoms with Crippen molar-refractivity contribution in [1.29, 1.82) is 0 Å². The Morgan fingerprint density at radius 1 is 0.560 bits per heavy atom. The van der Waals surface area contributed by atoms with Gasteiger partial charge >= 0.3 is 0 Å². The Bertz CT molecular complexity index is 980. The molecule has 0 N–H and O–H groups in total. The summed E-state index contributed by atoms with van der Waals surface area (Å²) in [5.74, 6) is 0. The zero-order valence-corrected chi connectivity index (χ0v) is 14.7. The molecule has 0 saturated carbocycles. The van der Waals surface area contributed by atoms with Gasteiger partial charge in [0.05, 0.1) is 15.9 Å². The van der Waals surface area contributed by atoms with Gasteiger partial charge in [0.15, 0.2) is 0 Å². The van der Waals surface area contributed by atoms with Crippen LogP contribution < -0.4 is 5.19 Å². The lowest BCUT2D eigenvalue weighted by Gasteiger charge is -2.16. The van der Waals surface area contributed by atoms with Crippen LogP contribution in [0.1, 0.15) is 0 Å². The molecule has 0 aliphatic heterocycles. The number of hydrogen-bond acceptors (Lipinski definition) is 1. The Hall–Kier alpha value is -2.97. The first-order valence-corrected chi connectivity index (χ1v) is 8.75. The topological polar surface area (TPSA) is 12.9 Å². The van der Waals surface area contributed by atoms with Crippen LogP contribution >= 0.6 is 0 Å². The van der Waals surface area contributed by atoms with Gasteiger partial charge in [-0.1, -0.05) is 91.0 Å². The summed E-state index contributed by atoms with van der Waals surface area (Å²) in [4.78, 5) is 4.83.